The molecule has 4 bridgehead atoms. The van der Waals surface area contributed by atoms with E-state index >= 15 is 0 Å². The van der Waals surface area contributed by atoms with Crippen molar-refractivity contribution in [1.29, 1.82) is 0 Å². The molecule has 0 amide bonds. The molecular formula is C25H30O4. The summed E-state index contributed by atoms with van der Waals surface area (Å²) in [5, 5.41) is 0. The summed E-state index contributed by atoms with van der Waals surface area (Å²) in [6.07, 6.45) is 5.99. The molecular weight excluding hydrogens is 364 g/mol. The number of methoxy groups -OCH3 is 1. The van der Waals surface area contributed by atoms with Crippen LogP contribution < -0.4 is 9.47 Å². The van der Waals surface area contributed by atoms with Crippen molar-refractivity contribution in [3.8, 4) is 11.5 Å². The van der Waals surface area contributed by atoms with E-state index in [9.17, 15) is 4.79 Å². The van der Waals surface area contributed by atoms with Gasteiger partial charge in [-0.05, 0) is 56.4 Å². The minimum atomic E-state index is -0.261. The second kappa shape index (κ2) is 8.48. The smallest absolute Gasteiger partial charge is 0.338 e. The van der Waals surface area contributed by atoms with Crippen LogP contribution in [0, 0.1) is 6.92 Å². The van der Waals surface area contributed by atoms with Crippen LogP contribution in [0.3, 0.4) is 0 Å². The Labute approximate surface area is 173 Å². The van der Waals surface area contributed by atoms with Crippen molar-refractivity contribution in [1.82, 2.24) is 0 Å². The van der Waals surface area contributed by atoms with E-state index in [-0.39, 0.29) is 24.1 Å². The van der Waals surface area contributed by atoms with E-state index < -0.39 is 0 Å². The molecule has 154 valence electrons. The monoisotopic (exact) mass is 394 g/mol. The van der Waals surface area contributed by atoms with E-state index in [1.165, 1.54) is 18.4 Å². The highest BCUT2D eigenvalue weighted by molar-refractivity contribution is 5.89. The molecule has 4 nitrogen and oxygen atoms in total. The fourth-order valence-corrected chi connectivity index (χ4v) is 4.57. The second-order valence-electron chi connectivity index (χ2n) is 8.34. The Bertz CT molecular complexity index is 871. The maximum Gasteiger partial charge on any atom is 0.338 e. The van der Waals surface area contributed by atoms with Crippen LogP contribution in [0.15, 0.2) is 36.4 Å². The van der Waals surface area contributed by atoms with Crippen molar-refractivity contribution in [2.24, 2.45) is 0 Å². The molecule has 0 spiro atoms. The van der Waals surface area contributed by atoms with Crippen molar-refractivity contribution in [3.63, 3.8) is 0 Å². The average molecular weight is 395 g/mol. The summed E-state index contributed by atoms with van der Waals surface area (Å²) in [5.74, 6) is 1.40. The van der Waals surface area contributed by atoms with Crippen LogP contribution in [0.1, 0.15) is 72.0 Å². The van der Waals surface area contributed by atoms with Gasteiger partial charge >= 0.3 is 5.97 Å². The van der Waals surface area contributed by atoms with Gasteiger partial charge in [0.05, 0.1) is 12.7 Å². The molecule has 0 saturated heterocycles. The fourth-order valence-electron chi connectivity index (χ4n) is 4.57. The fraction of sp³-hybridized carbons (Fsp3) is 0.480. The van der Waals surface area contributed by atoms with Gasteiger partial charge < -0.3 is 14.2 Å². The maximum atomic E-state index is 12.9. The lowest BCUT2D eigenvalue weighted by atomic mass is 9.87. The van der Waals surface area contributed by atoms with Gasteiger partial charge in [-0.3, -0.25) is 0 Å². The summed E-state index contributed by atoms with van der Waals surface area (Å²) >= 11 is 0. The third-order valence-corrected chi connectivity index (χ3v) is 6.28. The standard InChI is InChI=1S/C25H30O4/c1-16-9-11-19(12-10-16)25(26)29-22-15-20-8-6-4-5-7-18-13-14-21(27-3)24(28-20)23(18)17(22)2/h9-14,17,20,22H,4-8,15H2,1-3H3/t17-,20?,22+/m0/s1. The van der Waals surface area contributed by atoms with Gasteiger partial charge in [-0.1, -0.05) is 37.1 Å². The number of ether oxygens (including phenoxy) is 3. The molecule has 0 aliphatic carbocycles. The molecule has 0 aromatic heterocycles. The minimum Gasteiger partial charge on any atom is -0.493 e. The highest BCUT2D eigenvalue weighted by Gasteiger charge is 2.36. The van der Waals surface area contributed by atoms with Crippen LogP contribution in [-0.2, 0) is 11.2 Å². The molecule has 2 aromatic rings. The number of rotatable bonds is 3. The van der Waals surface area contributed by atoms with Crippen LogP contribution in [0.5, 0.6) is 11.5 Å². The molecule has 2 heterocycles. The summed E-state index contributed by atoms with van der Waals surface area (Å²) in [4.78, 5) is 12.9. The highest BCUT2D eigenvalue weighted by Crippen LogP contribution is 2.45. The summed E-state index contributed by atoms with van der Waals surface area (Å²) in [6.45, 7) is 4.16. The number of aryl methyl sites for hydroxylation is 2. The van der Waals surface area contributed by atoms with E-state index in [0.717, 1.165) is 41.9 Å². The zero-order valence-electron chi connectivity index (χ0n) is 17.6. The number of esters is 1. The lowest BCUT2D eigenvalue weighted by Crippen LogP contribution is -2.28. The lowest BCUT2D eigenvalue weighted by Gasteiger charge is -2.25. The summed E-state index contributed by atoms with van der Waals surface area (Å²) < 4.78 is 18.2. The van der Waals surface area contributed by atoms with Crippen molar-refractivity contribution in [2.75, 3.05) is 7.11 Å². The van der Waals surface area contributed by atoms with Crippen LogP contribution in [0.4, 0.5) is 0 Å². The Hall–Kier alpha value is -2.49. The SMILES string of the molecule is COc1ccc2c3c1OC(CCCCC2)C[C@@H](OC(=O)c1ccc(C)cc1)[C@@H]3C. The van der Waals surface area contributed by atoms with Gasteiger partial charge in [-0.2, -0.15) is 0 Å². The van der Waals surface area contributed by atoms with Gasteiger partial charge in [-0.15, -0.1) is 0 Å². The first-order chi connectivity index (χ1) is 14.1. The molecule has 4 rings (SSSR count). The Morgan fingerprint density at radius 2 is 1.86 bits per heavy atom. The molecule has 0 fully saturated rings. The Morgan fingerprint density at radius 3 is 2.62 bits per heavy atom. The zero-order chi connectivity index (χ0) is 20.4. The van der Waals surface area contributed by atoms with Crippen LogP contribution >= 0.6 is 0 Å². The average Bonchev–Trinajstić information content (AvgIpc) is 2.86. The number of carbonyl (C=O) groups is 1. The number of hydrogen-bond donors (Lipinski definition) is 0. The number of benzene rings is 2. The molecule has 2 aromatic carbocycles. The third-order valence-electron chi connectivity index (χ3n) is 6.28. The molecule has 0 saturated carbocycles. The topological polar surface area (TPSA) is 44.8 Å². The number of carbonyl (C=O) groups excluding carboxylic acids is 1. The third kappa shape index (κ3) is 4.12. The van der Waals surface area contributed by atoms with Gasteiger partial charge in [0, 0.05) is 17.9 Å². The van der Waals surface area contributed by atoms with Gasteiger partial charge in [0.2, 0.25) is 0 Å². The highest BCUT2D eigenvalue weighted by atomic mass is 16.6. The zero-order valence-corrected chi connectivity index (χ0v) is 17.6. The number of fused-ring (bicyclic) bond motifs is 1. The maximum absolute atomic E-state index is 12.9. The predicted octanol–water partition coefficient (Wildman–Crippen LogP) is 5.60. The van der Waals surface area contributed by atoms with Crippen molar-refractivity contribution in [3.05, 3.63) is 58.7 Å². The molecule has 1 unspecified atom stereocenters. The van der Waals surface area contributed by atoms with E-state index in [1.54, 1.807) is 7.11 Å². The van der Waals surface area contributed by atoms with Gasteiger partial charge in [0.1, 0.15) is 12.2 Å². The number of hydrogen-bond acceptors (Lipinski definition) is 4. The Morgan fingerprint density at radius 1 is 1.07 bits per heavy atom. The van der Waals surface area contributed by atoms with E-state index in [2.05, 4.69) is 13.0 Å². The summed E-state index contributed by atoms with van der Waals surface area (Å²) in [5.41, 5.74) is 4.16. The van der Waals surface area contributed by atoms with E-state index in [1.807, 2.05) is 37.3 Å². The van der Waals surface area contributed by atoms with Crippen LogP contribution in [0.2, 0.25) is 0 Å². The van der Waals surface area contributed by atoms with Crippen molar-refractivity contribution >= 4 is 5.97 Å². The van der Waals surface area contributed by atoms with Gasteiger partial charge in [0.25, 0.3) is 0 Å². The molecule has 29 heavy (non-hydrogen) atoms. The van der Waals surface area contributed by atoms with Crippen LogP contribution in [0.25, 0.3) is 0 Å². The minimum absolute atomic E-state index is 0.0248. The largest absolute Gasteiger partial charge is 0.493 e. The molecule has 0 N–H and O–H groups in total. The predicted molar refractivity (Wildman–Crippen MR) is 113 cm³/mol. The van der Waals surface area contributed by atoms with E-state index in [4.69, 9.17) is 14.2 Å². The van der Waals surface area contributed by atoms with Crippen LogP contribution in [-0.4, -0.2) is 25.3 Å². The molecule has 2 aliphatic rings. The van der Waals surface area contributed by atoms with E-state index in [0.29, 0.717) is 12.0 Å². The molecule has 3 atom stereocenters. The quantitative estimate of drug-likeness (QED) is 0.636. The molecule has 2 aliphatic heterocycles. The normalized spacial score (nSPS) is 23.6. The first-order valence-electron chi connectivity index (χ1n) is 10.7. The van der Waals surface area contributed by atoms with Crippen molar-refractivity contribution < 1.29 is 19.0 Å². The summed E-state index contributed by atoms with van der Waals surface area (Å²) in [7, 11) is 1.68. The molecule has 0 radical (unpaired) electrons. The molecule has 4 heteroatoms. The summed E-state index contributed by atoms with van der Waals surface area (Å²) in [6, 6.07) is 11.7. The lowest BCUT2D eigenvalue weighted by molar-refractivity contribution is 0.0140. The van der Waals surface area contributed by atoms with Gasteiger partial charge in [0.15, 0.2) is 11.5 Å². The van der Waals surface area contributed by atoms with Crippen molar-refractivity contribution in [2.45, 2.75) is 70.5 Å². The first kappa shape index (κ1) is 19.8. The second-order valence-corrected chi connectivity index (χ2v) is 8.34. The first-order valence-corrected chi connectivity index (χ1v) is 10.7. The Kier molecular flexibility index (Phi) is 5.79. The Balaban J connectivity index is 1.70. The van der Waals surface area contributed by atoms with Gasteiger partial charge in [-0.25, -0.2) is 4.79 Å².